The van der Waals surface area contributed by atoms with E-state index in [0.29, 0.717) is 27.6 Å². The van der Waals surface area contributed by atoms with Gasteiger partial charge in [-0.25, -0.2) is 4.79 Å². The molecule has 0 bridgehead atoms. The van der Waals surface area contributed by atoms with Gasteiger partial charge in [0.1, 0.15) is 5.75 Å². The molecule has 1 N–H and O–H groups in total. The van der Waals surface area contributed by atoms with Crippen LogP contribution in [0.4, 0.5) is 5.69 Å². The Morgan fingerprint density at radius 2 is 1.21 bits per heavy atom. The van der Waals surface area contributed by atoms with E-state index in [1.807, 2.05) is 0 Å². The van der Waals surface area contributed by atoms with Crippen molar-refractivity contribution in [2.75, 3.05) is 25.6 Å². The monoisotopic (exact) mass is 537 g/mol. The minimum absolute atomic E-state index is 0.161. The van der Waals surface area contributed by atoms with Crippen LogP contribution in [0.1, 0.15) is 43.9 Å². The quantitative estimate of drug-likeness (QED) is 0.264. The lowest BCUT2D eigenvalue weighted by Gasteiger charge is -2.08. The topological polar surface area (TPSA) is 125 Å². The lowest BCUT2D eigenvalue weighted by atomic mass is 10.1. The predicted molar refractivity (Wildman–Crippen MR) is 139 cm³/mol. The molecule has 0 fully saturated rings. The second-order valence-corrected chi connectivity index (χ2v) is 8.38. The van der Waals surface area contributed by atoms with E-state index in [1.165, 1.54) is 43.5 Å². The summed E-state index contributed by atoms with van der Waals surface area (Å²) in [4.78, 5) is 60.5. The largest absolute Gasteiger partial charge is 0.497 e. The number of benzene rings is 3. The Morgan fingerprint density at radius 1 is 0.684 bits per heavy atom. The Hall–Kier alpha value is -4.50. The van der Waals surface area contributed by atoms with E-state index >= 15 is 0 Å². The van der Waals surface area contributed by atoms with Gasteiger partial charge in [-0.1, -0.05) is 11.6 Å². The summed E-state index contributed by atoms with van der Waals surface area (Å²) < 4.78 is 15.0. The first-order valence-electron chi connectivity index (χ1n) is 11.4. The molecule has 0 aliphatic rings. The van der Waals surface area contributed by atoms with Crippen molar-refractivity contribution in [1.29, 1.82) is 0 Å². The van der Waals surface area contributed by atoms with Gasteiger partial charge in [-0.2, -0.15) is 0 Å². The third-order valence-corrected chi connectivity index (χ3v) is 5.49. The number of carbonyl (C=O) groups is 5. The number of methoxy groups -OCH3 is 1. The normalized spacial score (nSPS) is 10.3. The summed E-state index contributed by atoms with van der Waals surface area (Å²) in [5.41, 5.74) is 1.33. The molecule has 0 spiro atoms. The fourth-order valence-electron chi connectivity index (χ4n) is 3.14. The molecule has 196 valence electrons. The van der Waals surface area contributed by atoms with Crippen molar-refractivity contribution < 1.29 is 38.2 Å². The number of nitrogens with one attached hydrogen (secondary N) is 1. The maximum atomic E-state index is 12.2. The van der Waals surface area contributed by atoms with Crippen LogP contribution in [0.3, 0.4) is 0 Å². The molecule has 0 heterocycles. The maximum absolute atomic E-state index is 12.2. The van der Waals surface area contributed by atoms with Crippen molar-refractivity contribution in [3.63, 3.8) is 0 Å². The lowest BCUT2D eigenvalue weighted by Crippen LogP contribution is -2.17. The minimum atomic E-state index is -0.694. The molecule has 3 aromatic rings. The van der Waals surface area contributed by atoms with E-state index in [1.54, 1.807) is 36.4 Å². The number of ether oxygens (including phenoxy) is 3. The zero-order chi connectivity index (χ0) is 27.5. The molecule has 0 saturated carbocycles. The molecule has 0 aliphatic heterocycles. The molecule has 3 aromatic carbocycles. The Balaban J connectivity index is 1.38. The number of amides is 1. The summed E-state index contributed by atoms with van der Waals surface area (Å²) in [7, 11) is 1.52. The van der Waals surface area contributed by atoms with Gasteiger partial charge >= 0.3 is 11.9 Å². The van der Waals surface area contributed by atoms with Crippen molar-refractivity contribution >= 4 is 46.7 Å². The van der Waals surface area contributed by atoms with Gasteiger partial charge in [0.15, 0.2) is 24.8 Å². The minimum Gasteiger partial charge on any atom is -0.497 e. The van der Waals surface area contributed by atoms with Crippen LogP contribution in [0.25, 0.3) is 0 Å². The SMILES string of the molecule is COc1ccc(C(=O)COC(=O)c2ccc(NC(=O)CCC(=O)OCC(=O)c3ccc(Cl)cc3)cc2)cc1. The van der Waals surface area contributed by atoms with Crippen LogP contribution in [-0.4, -0.2) is 49.7 Å². The molecule has 0 aliphatic carbocycles. The van der Waals surface area contributed by atoms with Crippen LogP contribution in [-0.2, 0) is 19.1 Å². The number of hydrogen-bond acceptors (Lipinski definition) is 8. The first-order chi connectivity index (χ1) is 18.2. The molecule has 0 aromatic heterocycles. The average molecular weight is 538 g/mol. The van der Waals surface area contributed by atoms with Gasteiger partial charge in [-0.05, 0) is 72.8 Å². The van der Waals surface area contributed by atoms with Gasteiger partial charge in [-0.3, -0.25) is 19.2 Å². The third kappa shape index (κ3) is 8.56. The molecule has 3 rings (SSSR count). The molecule has 0 unspecified atom stereocenters. The van der Waals surface area contributed by atoms with Gasteiger partial charge < -0.3 is 19.5 Å². The van der Waals surface area contributed by atoms with Crippen LogP contribution in [0.5, 0.6) is 5.75 Å². The van der Waals surface area contributed by atoms with Crippen LogP contribution >= 0.6 is 11.6 Å². The number of hydrogen-bond donors (Lipinski definition) is 1. The predicted octanol–water partition coefficient (Wildman–Crippen LogP) is 4.53. The highest BCUT2D eigenvalue weighted by atomic mass is 35.5. The lowest BCUT2D eigenvalue weighted by molar-refractivity contribution is -0.143. The molecular weight excluding hydrogens is 514 g/mol. The maximum Gasteiger partial charge on any atom is 0.338 e. The third-order valence-electron chi connectivity index (χ3n) is 5.24. The first-order valence-corrected chi connectivity index (χ1v) is 11.8. The summed E-state index contributed by atoms with van der Waals surface area (Å²) >= 11 is 5.77. The number of anilines is 1. The fourth-order valence-corrected chi connectivity index (χ4v) is 3.27. The first kappa shape index (κ1) is 28.1. The van der Waals surface area contributed by atoms with E-state index in [4.69, 9.17) is 25.8 Å². The second-order valence-electron chi connectivity index (χ2n) is 7.94. The number of halogens is 1. The molecular formula is C28H24ClNO8. The Bertz CT molecular complexity index is 1300. The van der Waals surface area contributed by atoms with Crippen molar-refractivity contribution in [3.05, 3.63) is 94.5 Å². The van der Waals surface area contributed by atoms with E-state index < -0.39 is 31.1 Å². The zero-order valence-electron chi connectivity index (χ0n) is 20.4. The molecule has 0 atom stereocenters. The van der Waals surface area contributed by atoms with Crippen LogP contribution < -0.4 is 10.1 Å². The molecule has 38 heavy (non-hydrogen) atoms. The highest BCUT2D eigenvalue weighted by molar-refractivity contribution is 6.30. The van der Waals surface area contributed by atoms with Crippen LogP contribution in [0.15, 0.2) is 72.8 Å². The second kappa shape index (κ2) is 13.7. The summed E-state index contributed by atoms with van der Waals surface area (Å²) in [5, 5.41) is 3.08. The van der Waals surface area contributed by atoms with Crippen molar-refractivity contribution in [2.45, 2.75) is 12.8 Å². The van der Waals surface area contributed by atoms with E-state index in [-0.39, 0.29) is 30.0 Å². The number of ketones is 2. The van der Waals surface area contributed by atoms with E-state index in [2.05, 4.69) is 5.32 Å². The molecule has 0 radical (unpaired) electrons. The number of esters is 2. The van der Waals surface area contributed by atoms with Crippen molar-refractivity contribution in [1.82, 2.24) is 0 Å². The summed E-state index contributed by atoms with van der Waals surface area (Å²) in [6.07, 6.45) is -0.377. The summed E-state index contributed by atoms with van der Waals surface area (Å²) in [6, 6.07) is 18.4. The molecule has 1 amide bonds. The smallest absolute Gasteiger partial charge is 0.338 e. The molecule has 10 heteroatoms. The van der Waals surface area contributed by atoms with Crippen molar-refractivity contribution in [2.24, 2.45) is 0 Å². The summed E-state index contributed by atoms with van der Waals surface area (Å²) in [6.45, 7) is -0.865. The Morgan fingerprint density at radius 3 is 1.79 bits per heavy atom. The van der Waals surface area contributed by atoms with Gasteiger partial charge in [-0.15, -0.1) is 0 Å². The fraction of sp³-hybridized carbons (Fsp3) is 0.179. The van der Waals surface area contributed by atoms with E-state index in [0.717, 1.165) is 0 Å². The van der Waals surface area contributed by atoms with Gasteiger partial charge in [0.05, 0.1) is 19.1 Å². The standard InChI is InChI=1S/C28H24ClNO8/c1-36-23-12-6-19(7-13-23)25(32)17-38-28(35)20-4-10-22(11-5-20)30-26(33)14-15-27(34)37-16-24(31)18-2-8-21(29)9-3-18/h2-13H,14-17H2,1H3,(H,30,33). The van der Waals surface area contributed by atoms with E-state index in [9.17, 15) is 24.0 Å². The van der Waals surface area contributed by atoms with Crippen molar-refractivity contribution in [3.8, 4) is 5.75 Å². The van der Waals surface area contributed by atoms with Crippen LogP contribution in [0.2, 0.25) is 5.02 Å². The molecule has 0 saturated heterocycles. The van der Waals surface area contributed by atoms with Gasteiger partial charge in [0.2, 0.25) is 5.91 Å². The zero-order valence-corrected chi connectivity index (χ0v) is 21.2. The van der Waals surface area contributed by atoms with Gasteiger partial charge in [0, 0.05) is 28.3 Å². The Labute approximate surface area is 223 Å². The number of Topliss-reactive ketones (excluding diaryl/α,β-unsaturated/α-hetero) is 2. The summed E-state index contributed by atoms with van der Waals surface area (Å²) in [5.74, 6) is -1.98. The number of rotatable bonds is 12. The highest BCUT2D eigenvalue weighted by Crippen LogP contribution is 2.14. The van der Waals surface area contributed by atoms with Crippen LogP contribution in [0, 0.1) is 0 Å². The Kier molecular flexibility index (Phi) is 10.1. The highest BCUT2D eigenvalue weighted by Gasteiger charge is 2.14. The average Bonchev–Trinajstić information content (AvgIpc) is 2.94. The van der Waals surface area contributed by atoms with Gasteiger partial charge in [0.25, 0.3) is 0 Å². The molecule has 9 nitrogen and oxygen atoms in total. The number of carbonyl (C=O) groups excluding carboxylic acids is 5.